The number of nitrogens with zero attached hydrogens (tertiary/aromatic N) is 1. The van der Waals surface area contributed by atoms with Gasteiger partial charge in [0.15, 0.2) is 0 Å². The van der Waals surface area contributed by atoms with Crippen LogP contribution >= 0.6 is 11.6 Å². The minimum atomic E-state index is -3.81. The van der Waals surface area contributed by atoms with E-state index in [-0.39, 0.29) is 17.2 Å². The first-order valence-electron chi connectivity index (χ1n) is 9.49. The first-order valence-corrected chi connectivity index (χ1v) is 11.7. The number of hydrogen-bond donors (Lipinski definition) is 2. The van der Waals surface area contributed by atoms with Gasteiger partial charge in [-0.2, -0.15) is 0 Å². The van der Waals surface area contributed by atoms with Gasteiger partial charge in [-0.1, -0.05) is 29.8 Å². The second kappa shape index (κ2) is 10.6. The highest BCUT2D eigenvalue weighted by Gasteiger charge is 2.31. The van der Waals surface area contributed by atoms with Gasteiger partial charge >= 0.3 is 0 Å². The largest absolute Gasteiger partial charge is 0.383 e. The highest BCUT2D eigenvalue weighted by molar-refractivity contribution is 7.92. The normalized spacial score (nSPS) is 12.2. The van der Waals surface area contributed by atoms with E-state index in [4.69, 9.17) is 16.3 Å². The summed E-state index contributed by atoms with van der Waals surface area (Å²) >= 11 is 6.06. The summed E-state index contributed by atoms with van der Waals surface area (Å²) < 4.78 is 31.0. The maximum Gasteiger partial charge on any atom is 0.253 e. The van der Waals surface area contributed by atoms with Crippen molar-refractivity contribution in [2.75, 3.05) is 36.1 Å². The molecule has 0 aromatic heterocycles. The number of carbonyl (C=O) groups excluding carboxylic acids is 2. The number of benzene rings is 2. The third-order valence-electron chi connectivity index (χ3n) is 4.52. The molecule has 10 heteroatoms. The molecule has 2 rings (SSSR count). The number of sulfonamides is 1. The van der Waals surface area contributed by atoms with Gasteiger partial charge in [-0.15, -0.1) is 0 Å². The van der Waals surface area contributed by atoms with Crippen molar-refractivity contribution in [3.05, 3.63) is 58.6 Å². The van der Waals surface area contributed by atoms with Crippen LogP contribution in [0.3, 0.4) is 0 Å². The Hall–Kier alpha value is -2.62. The van der Waals surface area contributed by atoms with Crippen LogP contribution in [0.25, 0.3) is 0 Å². The van der Waals surface area contributed by atoms with E-state index in [2.05, 4.69) is 10.6 Å². The van der Waals surface area contributed by atoms with Crippen LogP contribution in [0.2, 0.25) is 5.02 Å². The fraction of sp³-hybridized carbons (Fsp3) is 0.333. The monoisotopic (exact) mass is 467 g/mol. The fourth-order valence-corrected chi connectivity index (χ4v) is 4.38. The molecule has 0 unspecified atom stereocenters. The van der Waals surface area contributed by atoms with Crippen LogP contribution in [0.5, 0.6) is 0 Å². The van der Waals surface area contributed by atoms with Crippen LogP contribution in [-0.2, 0) is 19.6 Å². The summed E-state index contributed by atoms with van der Waals surface area (Å²) in [6, 6.07) is 10.2. The quantitative estimate of drug-likeness (QED) is 0.552. The van der Waals surface area contributed by atoms with Crippen LogP contribution in [0.15, 0.2) is 42.5 Å². The summed E-state index contributed by atoms with van der Waals surface area (Å²) in [5, 5.41) is 5.71. The number of rotatable bonds is 9. The summed E-state index contributed by atoms with van der Waals surface area (Å²) in [5.41, 5.74) is 1.48. The lowest BCUT2D eigenvalue weighted by Gasteiger charge is -2.29. The minimum absolute atomic E-state index is 0.254. The molecule has 2 aromatic carbocycles. The summed E-state index contributed by atoms with van der Waals surface area (Å²) in [6.45, 7) is 3.86. The van der Waals surface area contributed by atoms with E-state index >= 15 is 0 Å². The van der Waals surface area contributed by atoms with Crippen LogP contribution < -0.4 is 14.9 Å². The zero-order chi connectivity index (χ0) is 23.2. The number of nitrogens with one attached hydrogen (secondary N) is 2. The third kappa shape index (κ3) is 6.43. The predicted molar refractivity (Wildman–Crippen MR) is 122 cm³/mol. The van der Waals surface area contributed by atoms with Crippen molar-refractivity contribution in [1.29, 1.82) is 0 Å². The highest BCUT2D eigenvalue weighted by atomic mass is 35.5. The van der Waals surface area contributed by atoms with Crippen molar-refractivity contribution < 1.29 is 22.7 Å². The van der Waals surface area contributed by atoms with Gasteiger partial charge in [0.1, 0.15) is 6.04 Å². The average Bonchev–Trinajstić information content (AvgIpc) is 2.70. The number of anilines is 2. The van der Waals surface area contributed by atoms with Crippen LogP contribution in [0.1, 0.15) is 22.8 Å². The van der Waals surface area contributed by atoms with Crippen LogP contribution in [0.4, 0.5) is 11.4 Å². The Labute approximate surface area is 187 Å². The van der Waals surface area contributed by atoms with Crippen molar-refractivity contribution >= 4 is 44.8 Å². The molecule has 0 fully saturated rings. The van der Waals surface area contributed by atoms with Crippen molar-refractivity contribution in [2.45, 2.75) is 19.9 Å². The lowest BCUT2D eigenvalue weighted by Crippen LogP contribution is -2.46. The summed E-state index contributed by atoms with van der Waals surface area (Å²) in [4.78, 5) is 25.5. The number of halogens is 1. The number of methoxy groups -OCH3 is 1. The number of amides is 2. The van der Waals surface area contributed by atoms with Gasteiger partial charge in [-0.05, 0) is 43.7 Å². The van der Waals surface area contributed by atoms with E-state index in [0.717, 1.165) is 10.6 Å². The topological polar surface area (TPSA) is 105 Å². The Morgan fingerprint density at radius 3 is 2.52 bits per heavy atom. The lowest BCUT2D eigenvalue weighted by atomic mass is 10.1. The Balaban J connectivity index is 2.32. The van der Waals surface area contributed by atoms with E-state index in [0.29, 0.717) is 29.4 Å². The summed E-state index contributed by atoms with van der Waals surface area (Å²) in [5.74, 6) is -0.979. The Bertz CT molecular complexity index is 1060. The highest BCUT2D eigenvalue weighted by Crippen LogP contribution is 2.28. The Morgan fingerprint density at radius 1 is 1.19 bits per heavy atom. The average molecular weight is 468 g/mol. The molecule has 2 amide bonds. The molecular weight excluding hydrogens is 442 g/mol. The molecule has 1 atom stereocenters. The van der Waals surface area contributed by atoms with E-state index in [1.54, 1.807) is 43.3 Å². The molecule has 0 saturated carbocycles. The number of hydrogen-bond acceptors (Lipinski definition) is 5. The number of para-hydroxylation sites is 1. The van der Waals surface area contributed by atoms with E-state index in [1.165, 1.54) is 20.1 Å². The fourth-order valence-electron chi connectivity index (χ4n) is 2.99. The molecule has 0 aliphatic carbocycles. The second-order valence-electron chi connectivity index (χ2n) is 6.95. The van der Waals surface area contributed by atoms with Gasteiger partial charge in [0.05, 0.1) is 29.8 Å². The summed E-state index contributed by atoms with van der Waals surface area (Å²) in [7, 11) is -2.29. The van der Waals surface area contributed by atoms with Crippen molar-refractivity contribution in [1.82, 2.24) is 5.32 Å². The smallest absolute Gasteiger partial charge is 0.253 e. The lowest BCUT2D eigenvalue weighted by molar-refractivity contribution is -0.116. The minimum Gasteiger partial charge on any atom is -0.383 e. The molecule has 0 saturated heterocycles. The van der Waals surface area contributed by atoms with Gasteiger partial charge in [0.2, 0.25) is 15.9 Å². The molecule has 31 heavy (non-hydrogen) atoms. The molecule has 0 spiro atoms. The van der Waals surface area contributed by atoms with Gasteiger partial charge in [0, 0.05) is 18.7 Å². The SMILES string of the molecule is COCCNC(=O)c1ccccc1NC(=O)[C@@H](C)N(c1cc(Cl)ccc1C)S(C)(=O)=O. The molecule has 168 valence electrons. The second-order valence-corrected chi connectivity index (χ2v) is 9.25. The van der Waals surface area contributed by atoms with E-state index < -0.39 is 22.0 Å². The zero-order valence-electron chi connectivity index (χ0n) is 17.8. The number of aryl methyl sites for hydroxylation is 1. The van der Waals surface area contributed by atoms with Crippen LogP contribution in [0, 0.1) is 6.92 Å². The maximum absolute atomic E-state index is 13.0. The Morgan fingerprint density at radius 2 is 1.87 bits per heavy atom. The van der Waals surface area contributed by atoms with E-state index in [9.17, 15) is 18.0 Å². The standard InChI is InChI=1S/C21H26ClN3O5S/c1-14-9-10-16(22)13-19(14)25(31(4,28)29)15(2)20(26)24-18-8-6-5-7-17(18)21(27)23-11-12-30-3/h5-10,13,15H,11-12H2,1-4H3,(H,23,27)(H,24,26)/t15-/m1/s1. The van der Waals surface area contributed by atoms with Crippen molar-refractivity contribution in [3.8, 4) is 0 Å². The molecule has 0 heterocycles. The molecule has 2 aromatic rings. The Kier molecular flexibility index (Phi) is 8.43. The van der Waals surface area contributed by atoms with E-state index in [1.807, 2.05) is 0 Å². The maximum atomic E-state index is 13.0. The number of carbonyl (C=O) groups is 2. The molecule has 0 bridgehead atoms. The zero-order valence-corrected chi connectivity index (χ0v) is 19.4. The third-order valence-corrected chi connectivity index (χ3v) is 5.98. The molecule has 0 aliphatic rings. The molecule has 2 N–H and O–H groups in total. The first-order chi connectivity index (χ1) is 14.6. The first kappa shape index (κ1) is 24.6. The predicted octanol–water partition coefficient (Wildman–Crippen LogP) is 2.82. The molecule has 0 aliphatic heterocycles. The number of ether oxygens (including phenoxy) is 1. The summed E-state index contributed by atoms with van der Waals surface area (Å²) in [6.07, 6.45) is 1.02. The van der Waals surface area contributed by atoms with Crippen molar-refractivity contribution in [3.63, 3.8) is 0 Å². The van der Waals surface area contributed by atoms with Gasteiger partial charge < -0.3 is 15.4 Å². The van der Waals surface area contributed by atoms with Crippen LogP contribution in [-0.4, -0.2) is 52.8 Å². The van der Waals surface area contributed by atoms with Gasteiger partial charge in [-0.3, -0.25) is 13.9 Å². The molecule has 8 nitrogen and oxygen atoms in total. The van der Waals surface area contributed by atoms with Gasteiger partial charge in [-0.25, -0.2) is 8.42 Å². The van der Waals surface area contributed by atoms with Crippen molar-refractivity contribution in [2.24, 2.45) is 0 Å². The molecule has 0 radical (unpaired) electrons. The molecular formula is C21H26ClN3O5S. The van der Waals surface area contributed by atoms with Gasteiger partial charge in [0.25, 0.3) is 5.91 Å².